The third kappa shape index (κ3) is 7.26. The lowest BCUT2D eigenvalue weighted by Crippen LogP contribution is -2.29. The van der Waals surface area contributed by atoms with Crippen molar-refractivity contribution in [1.82, 2.24) is 10.3 Å². The summed E-state index contributed by atoms with van der Waals surface area (Å²) in [5.41, 5.74) is 10.8. The monoisotopic (exact) mass is 444 g/mol. The number of nitrogens with one attached hydrogen (secondary N) is 2. The van der Waals surface area contributed by atoms with Crippen LogP contribution in [0.5, 0.6) is 0 Å². The van der Waals surface area contributed by atoms with Gasteiger partial charge in [-0.15, -0.1) is 0 Å². The van der Waals surface area contributed by atoms with E-state index in [1.165, 1.54) is 11.1 Å². The Morgan fingerprint density at radius 2 is 1.58 bits per heavy atom. The molecule has 1 unspecified atom stereocenters. The molecule has 0 fully saturated rings. The highest BCUT2D eigenvalue weighted by molar-refractivity contribution is 6.04. The maximum absolute atomic E-state index is 12.3. The lowest BCUT2D eigenvalue weighted by atomic mass is 9.86. The van der Waals surface area contributed by atoms with Crippen LogP contribution in [-0.2, 0) is 16.6 Å². The first-order chi connectivity index (χ1) is 15.7. The van der Waals surface area contributed by atoms with Crippen molar-refractivity contribution in [1.29, 1.82) is 0 Å². The number of rotatable bonds is 8. The predicted octanol–water partition coefficient (Wildman–Crippen LogP) is 4.38. The number of pyridine rings is 1. The molecule has 1 heterocycles. The van der Waals surface area contributed by atoms with Gasteiger partial charge < -0.3 is 16.4 Å². The van der Waals surface area contributed by atoms with Crippen LogP contribution in [-0.4, -0.2) is 23.3 Å². The lowest BCUT2D eigenvalue weighted by Gasteiger charge is -2.19. The van der Waals surface area contributed by atoms with Crippen molar-refractivity contribution in [2.45, 2.75) is 45.1 Å². The SMILES string of the molecule is CC(C)(C)c1ccc(CCNC(=O)CC(N)c2ccc(C(=O)Nc3ccncc3)cc2)cc1. The maximum Gasteiger partial charge on any atom is 0.255 e. The van der Waals surface area contributed by atoms with Crippen molar-refractivity contribution in [2.75, 3.05) is 11.9 Å². The number of carbonyl (C=O) groups excluding carboxylic acids is 2. The van der Waals surface area contributed by atoms with Gasteiger partial charge in [-0.25, -0.2) is 0 Å². The molecular weight excluding hydrogens is 412 g/mol. The van der Waals surface area contributed by atoms with Crippen LogP contribution in [0.1, 0.15) is 60.3 Å². The van der Waals surface area contributed by atoms with Crippen LogP contribution >= 0.6 is 0 Å². The van der Waals surface area contributed by atoms with Gasteiger partial charge in [-0.1, -0.05) is 57.2 Å². The summed E-state index contributed by atoms with van der Waals surface area (Å²) < 4.78 is 0. The molecule has 0 bridgehead atoms. The standard InChI is InChI=1S/C27H32N4O2/c1-27(2,3)22-10-4-19(5-11-22)12-17-30-25(32)18-24(28)20-6-8-21(9-7-20)26(33)31-23-13-15-29-16-14-23/h4-11,13-16,24H,12,17-18,28H2,1-3H3,(H,30,32)(H,29,31,33). The molecule has 0 aliphatic carbocycles. The zero-order valence-electron chi connectivity index (χ0n) is 19.5. The molecule has 6 heteroatoms. The molecule has 3 aromatic rings. The van der Waals surface area contributed by atoms with Gasteiger partial charge in [0.25, 0.3) is 5.91 Å². The number of hydrogen-bond acceptors (Lipinski definition) is 4. The first-order valence-corrected chi connectivity index (χ1v) is 11.2. The van der Waals surface area contributed by atoms with Crippen molar-refractivity contribution in [2.24, 2.45) is 5.73 Å². The van der Waals surface area contributed by atoms with E-state index < -0.39 is 6.04 Å². The minimum Gasteiger partial charge on any atom is -0.356 e. The topological polar surface area (TPSA) is 97.1 Å². The molecule has 3 rings (SSSR count). The average Bonchev–Trinajstić information content (AvgIpc) is 2.79. The normalized spacial score (nSPS) is 12.1. The van der Waals surface area contributed by atoms with Gasteiger partial charge in [0.1, 0.15) is 0 Å². The zero-order valence-corrected chi connectivity index (χ0v) is 19.5. The van der Waals surface area contributed by atoms with Crippen LogP contribution < -0.4 is 16.4 Å². The van der Waals surface area contributed by atoms with E-state index in [0.717, 1.165) is 12.0 Å². The number of nitrogens with two attached hydrogens (primary N) is 1. The van der Waals surface area contributed by atoms with E-state index in [1.54, 1.807) is 48.8 Å². The fourth-order valence-electron chi connectivity index (χ4n) is 3.43. The maximum atomic E-state index is 12.3. The van der Waals surface area contributed by atoms with E-state index in [0.29, 0.717) is 17.8 Å². The Morgan fingerprint density at radius 1 is 0.939 bits per heavy atom. The zero-order chi connectivity index (χ0) is 23.8. The van der Waals surface area contributed by atoms with E-state index in [1.807, 2.05) is 0 Å². The lowest BCUT2D eigenvalue weighted by molar-refractivity contribution is -0.121. The highest BCUT2D eigenvalue weighted by Crippen LogP contribution is 2.22. The number of carbonyl (C=O) groups is 2. The summed E-state index contributed by atoms with van der Waals surface area (Å²) >= 11 is 0. The second-order valence-electron chi connectivity index (χ2n) is 9.17. The van der Waals surface area contributed by atoms with Crippen LogP contribution in [0.4, 0.5) is 5.69 Å². The summed E-state index contributed by atoms with van der Waals surface area (Å²) in [6.07, 6.45) is 4.19. The Bertz CT molecular complexity index is 1060. The Hall–Kier alpha value is -3.51. The summed E-state index contributed by atoms with van der Waals surface area (Å²) in [4.78, 5) is 28.6. The first kappa shape index (κ1) is 24.1. The van der Waals surface area contributed by atoms with E-state index >= 15 is 0 Å². The highest BCUT2D eigenvalue weighted by Gasteiger charge is 2.14. The van der Waals surface area contributed by atoms with Crippen molar-refractivity contribution in [3.8, 4) is 0 Å². The summed E-state index contributed by atoms with van der Waals surface area (Å²) in [6.45, 7) is 7.14. The van der Waals surface area contributed by atoms with Crippen LogP contribution in [0.25, 0.3) is 0 Å². The third-order valence-electron chi connectivity index (χ3n) is 5.50. The smallest absolute Gasteiger partial charge is 0.255 e. The van der Waals surface area contributed by atoms with E-state index in [2.05, 4.69) is 60.7 Å². The van der Waals surface area contributed by atoms with Crippen LogP contribution in [0.3, 0.4) is 0 Å². The molecular formula is C27H32N4O2. The van der Waals surface area contributed by atoms with E-state index in [9.17, 15) is 9.59 Å². The molecule has 1 atom stereocenters. The Morgan fingerprint density at radius 3 is 2.18 bits per heavy atom. The summed E-state index contributed by atoms with van der Waals surface area (Å²) in [5, 5.41) is 5.76. The quantitative estimate of drug-likeness (QED) is 0.480. The summed E-state index contributed by atoms with van der Waals surface area (Å²) in [6, 6.07) is 18.5. The molecule has 0 saturated carbocycles. The molecule has 0 aliphatic rings. The highest BCUT2D eigenvalue weighted by atomic mass is 16.2. The number of anilines is 1. The molecule has 1 aromatic heterocycles. The number of amides is 2. The Balaban J connectivity index is 1.45. The fraction of sp³-hybridized carbons (Fsp3) is 0.296. The fourth-order valence-corrected chi connectivity index (χ4v) is 3.43. The largest absolute Gasteiger partial charge is 0.356 e. The van der Waals surface area contributed by atoms with Gasteiger partial charge in [0.05, 0.1) is 0 Å². The minimum absolute atomic E-state index is 0.0895. The molecule has 2 amide bonds. The molecule has 0 radical (unpaired) electrons. The van der Waals surface area contributed by atoms with Gasteiger partial charge >= 0.3 is 0 Å². The number of hydrogen-bond donors (Lipinski definition) is 3. The summed E-state index contributed by atoms with van der Waals surface area (Å²) in [7, 11) is 0. The van der Waals surface area contributed by atoms with Gasteiger partial charge in [0.2, 0.25) is 5.91 Å². The van der Waals surface area contributed by atoms with Crippen molar-refractivity contribution in [3.05, 3.63) is 95.3 Å². The molecule has 172 valence electrons. The third-order valence-corrected chi connectivity index (χ3v) is 5.50. The van der Waals surface area contributed by atoms with Crippen molar-refractivity contribution in [3.63, 3.8) is 0 Å². The van der Waals surface area contributed by atoms with Crippen LogP contribution in [0, 0.1) is 0 Å². The number of benzene rings is 2. The number of aromatic nitrogens is 1. The van der Waals surface area contributed by atoms with Gasteiger partial charge in [0, 0.05) is 42.7 Å². The summed E-state index contributed by atoms with van der Waals surface area (Å²) in [5.74, 6) is -0.303. The van der Waals surface area contributed by atoms with Gasteiger partial charge in [0.15, 0.2) is 0 Å². The Labute approximate surface area is 195 Å². The number of nitrogens with zero attached hydrogens (tertiary/aromatic N) is 1. The molecule has 0 saturated heterocycles. The van der Waals surface area contributed by atoms with Gasteiger partial charge in [-0.3, -0.25) is 14.6 Å². The first-order valence-electron chi connectivity index (χ1n) is 11.2. The predicted molar refractivity (Wildman–Crippen MR) is 132 cm³/mol. The van der Waals surface area contributed by atoms with Crippen LogP contribution in [0.15, 0.2) is 73.1 Å². The van der Waals surface area contributed by atoms with Crippen LogP contribution in [0.2, 0.25) is 0 Å². The van der Waals surface area contributed by atoms with Crippen molar-refractivity contribution >= 4 is 17.5 Å². The van der Waals surface area contributed by atoms with Crippen molar-refractivity contribution < 1.29 is 9.59 Å². The van der Waals surface area contributed by atoms with E-state index in [-0.39, 0.29) is 23.7 Å². The molecule has 6 nitrogen and oxygen atoms in total. The second kappa shape index (κ2) is 10.9. The molecule has 2 aromatic carbocycles. The minimum atomic E-state index is -0.437. The average molecular weight is 445 g/mol. The molecule has 4 N–H and O–H groups in total. The second-order valence-corrected chi connectivity index (χ2v) is 9.17. The van der Waals surface area contributed by atoms with Gasteiger partial charge in [-0.05, 0) is 52.8 Å². The molecule has 0 spiro atoms. The van der Waals surface area contributed by atoms with Gasteiger partial charge in [-0.2, -0.15) is 0 Å². The van der Waals surface area contributed by atoms with E-state index in [4.69, 9.17) is 5.73 Å². The molecule has 0 aliphatic heterocycles. The molecule has 33 heavy (non-hydrogen) atoms. The Kier molecular flexibility index (Phi) is 7.96.